The first kappa shape index (κ1) is 15.8. The number of fused-ring (bicyclic) bond motifs is 2. The third-order valence-corrected chi connectivity index (χ3v) is 3.74. The van der Waals surface area contributed by atoms with E-state index in [9.17, 15) is 9.90 Å². The molecule has 0 amide bonds. The van der Waals surface area contributed by atoms with E-state index in [1.54, 1.807) is 0 Å². The molecular weight excluding hydrogens is 316 g/mol. The number of phenolic OH excluding ortho intramolecular Hbond substituents is 1. The first-order chi connectivity index (χ1) is 11.6. The number of hydrogen-bond acceptors (Lipinski definition) is 7. The molecule has 0 fully saturated rings. The summed E-state index contributed by atoms with van der Waals surface area (Å²) in [7, 11) is 5.72. The standard InChI is InChI=1S/C17H16O7/c1-20-13-11-12(19)9-7-8(18)5-6-10(9)24-14(11)16(22-3)17(23-4)15(13)21-2/h5-7,18H,1-4H3. The number of phenols is 1. The second-order valence-electron chi connectivity index (χ2n) is 4.95. The molecule has 3 rings (SSSR count). The van der Waals surface area contributed by atoms with E-state index in [1.165, 1.54) is 46.6 Å². The Morgan fingerprint density at radius 3 is 2.04 bits per heavy atom. The minimum Gasteiger partial charge on any atom is -0.508 e. The molecule has 1 aromatic heterocycles. The smallest absolute Gasteiger partial charge is 0.211 e. The van der Waals surface area contributed by atoms with Crippen molar-refractivity contribution < 1.29 is 28.5 Å². The highest BCUT2D eigenvalue weighted by Gasteiger charge is 2.27. The van der Waals surface area contributed by atoms with Gasteiger partial charge in [0, 0.05) is 0 Å². The van der Waals surface area contributed by atoms with Crippen molar-refractivity contribution in [2.75, 3.05) is 28.4 Å². The first-order valence-electron chi connectivity index (χ1n) is 7.02. The van der Waals surface area contributed by atoms with Crippen molar-refractivity contribution in [1.29, 1.82) is 0 Å². The number of ether oxygens (including phenoxy) is 4. The Morgan fingerprint density at radius 1 is 0.875 bits per heavy atom. The Hall–Kier alpha value is -3.09. The van der Waals surface area contributed by atoms with E-state index in [1.807, 2.05) is 0 Å². The molecule has 2 aromatic carbocycles. The molecule has 126 valence electrons. The second kappa shape index (κ2) is 5.84. The topological polar surface area (TPSA) is 87.4 Å². The molecule has 0 atom stereocenters. The zero-order valence-electron chi connectivity index (χ0n) is 13.6. The molecule has 0 aliphatic rings. The molecular formula is C17H16O7. The molecule has 1 heterocycles. The molecule has 3 aromatic rings. The van der Waals surface area contributed by atoms with Crippen LogP contribution in [-0.4, -0.2) is 33.5 Å². The van der Waals surface area contributed by atoms with Crippen LogP contribution in [0.1, 0.15) is 0 Å². The lowest BCUT2D eigenvalue weighted by atomic mass is 10.1. The lowest BCUT2D eigenvalue weighted by Gasteiger charge is -2.17. The summed E-state index contributed by atoms with van der Waals surface area (Å²) in [4.78, 5) is 13.0. The molecule has 7 nitrogen and oxygen atoms in total. The second-order valence-corrected chi connectivity index (χ2v) is 4.95. The van der Waals surface area contributed by atoms with Crippen LogP contribution < -0.4 is 24.4 Å². The van der Waals surface area contributed by atoms with Gasteiger partial charge in [-0.25, -0.2) is 0 Å². The summed E-state index contributed by atoms with van der Waals surface area (Å²) >= 11 is 0. The fourth-order valence-electron chi connectivity index (χ4n) is 2.72. The Balaban J connectivity index is 2.64. The largest absolute Gasteiger partial charge is 0.508 e. The van der Waals surface area contributed by atoms with Gasteiger partial charge in [0.15, 0.2) is 11.3 Å². The zero-order valence-corrected chi connectivity index (χ0v) is 13.6. The zero-order chi connectivity index (χ0) is 17.4. The summed E-state index contributed by atoms with van der Waals surface area (Å²) in [6.07, 6.45) is 0. The molecule has 0 spiro atoms. The van der Waals surface area contributed by atoms with Gasteiger partial charge in [0.05, 0.1) is 33.8 Å². The minimum atomic E-state index is -0.377. The van der Waals surface area contributed by atoms with Crippen molar-refractivity contribution in [3.8, 4) is 28.7 Å². The van der Waals surface area contributed by atoms with Gasteiger partial charge >= 0.3 is 0 Å². The van der Waals surface area contributed by atoms with Crippen LogP contribution in [0, 0.1) is 0 Å². The van der Waals surface area contributed by atoms with Gasteiger partial charge in [-0.3, -0.25) is 4.79 Å². The number of aromatic hydroxyl groups is 1. The Labute approximate surface area is 136 Å². The van der Waals surface area contributed by atoms with Gasteiger partial charge in [-0.1, -0.05) is 0 Å². The summed E-state index contributed by atoms with van der Waals surface area (Å²) in [6.45, 7) is 0. The predicted molar refractivity (Wildman–Crippen MR) is 87.9 cm³/mol. The number of methoxy groups -OCH3 is 4. The van der Waals surface area contributed by atoms with Crippen molar-refractivity contribution >= 4 is 21.9 Å². The van der Waals surface area contributed by atoms with Crippen LogP contribution in [0.5, 0.6) is 28.7 Å². The van der Waals surface area contributed by atoms with Gasteiger partial charge in [-0.2, -0.15) is 0 Å². The van der Waals surface area contributed by atoms with Gasteiger partial charge in [-0.05, 0) is 18.2 Å². The summed E-state index contributed by atoms with van der Waals surface area (Å²) in [6, 6.07) is 4.28. The summed E-state index contributed by atoms with van der Waals surface area (Å²) in [5.74, 6) is 0.823. The average molecular weight is 332 g/mol. The molecule has 24 heavy (non-hydrogen) atoms. The minimum absolute atomic E-state index is 0.0411. The van der Waals surface area contributed by atoms with E-state index < -0.39 is 0 Å². The maximum Gasteiger partial charge on any atom is 0.211 e. The normalized spacial score (nSPS) is 10.8. The predicted octanol–water partition coefficient (Wildman–Crippen LogP) is 2.69. The average Bonchev–Trinajstić information content (AvgIpc) is 2.60. The lowest BCUT2D eigenvalue weighted by Crippen LogP contribution is -2.07. The van der Waals surface area contributed by atoms with Gasteiger partial charge in [-0.15, -0.1) is 0 Å². The highest BCUT2D eigenvalue weighted by Crippen LogP contribution is 2.50. The van der Waals surface area contributed by atoms with Crippen LogP contribution in [0.15, 0.2) is 27.4 Å². The van der Waals surface area contributed by atoms with E-state index >= 15 is 0 Å². The van der Waals surface area contributed by atoms with Gasteiger partial charge in [0.25, 0.3) is 0 Å². The van der Waals surface area contributed by atoms with Crippen molar-refractivity contribution in [3.63, 3.8) is 0 Å². The van der Waals surface area contributed by atoms with E-state index in [4.69, 9.17) is 23.4 Å². The van der Waals surface area contributed by atoms with Crippen LogP contribution in [0.4, 0.5) is 0 Å². The van der Waals surface area contributed by atoms with Gasteiger partial charge in [0.1, 0.15) is 16.7 Å². The van der Waals surface area contributed by atoms with Crippen LogP contribution in [0.3, 0.4) is 0 Å². The van der Waals surface area contributed by atoms with Crippen molar-refractivity contribution in [1.82, 2.24) is 0 Å². The monoisotopic (exact) mass is 332 g/mol. The molecule has 7 heteroatoms. The van der Waals surface area contributed by atoms with Crippen molar-refractivity contribution in [2.45, 2.75) is 0 Å². The quantitative estimate of drug-likeness (QED) is 0.735. The van der Waals surface area contributed by atoms with E-state index in [-0.39, 0.29) is 50.5 Å². The van der Waals surface area contributed by atoms with Crippen molar-refractivity contribution in [3.05, 3.63) is 28.4 Å². The highest BCUT2D eigenvalue weighted by molar-refractivity contribution is 6.00. The number of rotatable bonds is 4. The molecule has 1 N–H and O–H groups in total. The Kier molecular flexibility index (Phi) is 3.84. The molecule has 0 aliphatic carbocycles. The van der Waals surface area contributed by atoms with E-state index in [0.29, 0.717) is 5.58 Å². The summed E-state index contributed by atoms with van der Waals surface area (Å²) in [5.41, 5.74) is 0.103. The third-order valence-electron chi connectivity index (χ3n) is 3.74. The molecule has 0 bridgehead atoms. The summed E-state index contributed by atoms with van der Waals surface area (Å²) in [5, 5.41) is 10.0. The van der Waals surface area contributed by atoms with Gasteiger partial charge in [0.2, 0.25) is 22.7 Å². The molecule has 0 saturated carbocycles. The maximum atomic E-state index is 13.0. The van der Waals surface area contributed by atoms with Crippen LogP contribution in [0.2, 0.25) is 0 Å². The Morgan fingerprint density at radius 2 is 1.46 bits per heavy atom. The summed E-state index contributed by atoms with van der Waals surface area (Å²) < 4.78 is 27.3. The van der Waals surface area contributed by atoms with Crippen LogP contribution in [-0.2, 0) is 0 Å². The van der Waals surface area contributed by atoms with Gasteiger partial charge < -0.3 is 28.5 Å². The molecule has 0 saturated heterocycles. The SMILES string of the molecule is COc1c(OC)c(OC)c2c(=O)c3cc(O)ccc3oc2c1OC. The lowest BCUT2D eigenvalue weighted by molar-refractivity contribution is 0.307. The fourth-order valence-corrected chi connectivity index (χ4v) is 2.72. The highest BCUT2D eigenvalue weighted by atomic mass is 16.5. The van der Waals surface area contributed by atoms with Crippen molar-refractivity contribution in [2.24, 2.45) is 0 Å². The third kappa shape index (κ3) is 2.09. The Bertz CT molecular complexity index is 988. The molecule has 0 radical (unpaired) electrons. The van der Waals surface area contributed by atoms with E-state index in [0.717, 1.165) is 0 Å². The number of hydrogen-bond donors (Lipinski definition) is 1. The number of benzene rings is 2. The fraction of sp³-hybridized carbons (Fsp3) is 0.235. The first-order valence-corrected chi connectivity index (χ1v) is 7.02. The molecule has 0 aliphatic heterocycles. The molecule has 0 unspecified atom stereocenters. The van der Waals surface area contributed by atoms with Crippen LogP contribution >= 0.6 is 0 Å². The van der Waals surface area contributed by atoms with E-state index in [2.05, 4.69) is 0 Å². The maximum absolute atomic E-state index is 13.0. The van der Waals surface area contributed by atoms with Crippen LogP contribution in [0.25, 0.3) is 21.9 Å².